The fourth-order valence-electron chi connectivity index (χ4n) is 4.26. The molecule has 0 unspecified atom stereocenters. The Hall–Kier alpha value is -4.26. The smallest absolute Gasteiger partial charge is 0.255 e. The van der Waals surface area contributed by atoms with E-state index in [1.54, 1.807) is 55.7 Å². The van der Waals surface area contributed by atoms with E-state index in [2.05, 4.69) is 24.5 Å². The quantitative estimate of drug-likeness (QED) is 0.356. The van der Waals surface area contributed by atoms with Crippen LogP contribution in [0.25, 0.3) is 5.70 Å². The summed E-state index contributed by atoms with van der Waals surface area (Å²) in [4.78, 5) is 26.1. The Balaban J connectivity index is 1.60. The Bertz CT molecular complexity index is 1320. The van der Waals surface area contributed by atoms with Crippen molar-refractivity contribution in [2.24, 2.45) is 0 Å². The maximum atomic E-state index is 13.3. The normalized spacial score (nSPS) is 14.9. The molecule has 0 aromatic heterocycles. The largest absolute Gasteiger partial charge is 0.497 e. The van der Waals surface area contributed by atoms with Gasteiger partial charge in [0.05, 0.1) is 21.3 Å². The molecule has 36 heavy (non-hydrogen) atoms. The molecule has 0 saturated carbocycles. The fourth-order valence-corrected chi connectivity index (χ4v) is 4.26. The molecule has 1 aliphatic rings. The van der Waals surface area contributed by atoms with E-state index in [1.807, 2.05) is 18.2 Å². The van der Waals surface area contributed by atoms with Gasteiger partial charge in [0.1, 0.15) is 17.2 Å². The van der Waals surface area contributed by atoms with Crippen molar-refractivity contribution in [1.29, 1.82) is 0 Å². The molecule has 3 aromatic carbocycles. The maximum Gasteiger partial charge on any atom is 0.255 e. The topological polar surface area (TPSA) is 85.9 Å². The molecule has 2 N–H and O–H groups in total. The third kappa shape index (κ3) is 5.51. The van der Waals surface area contributed by atoms with E-state index in [9.17, 15) is 9.59 Å². The molecule has 4 rings (SSSR count). The first kappa shape index (κ1) is 24.9. The number of ether oxygens (including phenoxy) is 3. The molecule has 0 spiro atoms. The lowest BCUT2D eigenvalue weighted by atomic mass is 9.85. The zero-order valence-electron chi connectivity index (χ0n) is 21.1. The predicted octanol–water partition coefficient (Wildman–Crippen LogP) is 5.11. The van der Waals surface area contributed by atoms with Gasteiger partial charge in [-0.2, -0.15) is 0 Å². The summed E-state index contributed by atoms with van der Waals surface area (Å²) in [6, 6.07) is 17.7. The van der Waals surface area contributed by atoms with Crippen LogP contribution >= 0.6 is 0 Å². The van der Waals surface area contributed by atoms with Crippen molar-refractivity contribution in [2.45, 2.75) is 25.8 Å². The van der Waals surface area contributed by atoms with E-state index >= 15 is 0 Å². The molecule has 0 aliphatic carbocycles. The van der Waals surface area contributed by atoms with Gasteiger partial charge in [0, 0.05) is 45.8 Å². The molecule has 1 heterocycles. The summed E-state index contributed by atoms with van der Waals surface area (Å²) < 4.78 is 15.9. The molecule has 7 heteroatoms. The number of carbonyl (C=O) groups is 2. The number of rotatable bonds is 7. The molecule has 0 radical (unpaired) electrons. The molecule has 0 saturated heterocycles. The Kier molecular flexibility index (Phi) is 7.01. The second kappa shape index (κ2) is 10.2. The number of benzene rings is 3. The van der Waals surface area contributed by atoms with Crippen molar-refractivity contribution in [3.63, 3.8) is 0 Å². The van der Waals surface area contributed by atoms with E-state index in [0.717, 1.165) is 29.0 Å². The van der Waals surface area contributed by atoms with Crippen LogP contribution in [-0.4, -0.2) is 38.6 Å². The highest BCUT2D eigenvalue weighted by molar-refractivity contribution is 6.10. The first-order valence-corrected chi connectivity index (χ1v) is 11.6. The average Bonchev–Trinajstić information content (AvgIpc) is 2.87. The predicted molar refractivity (Wildman–Crippen MR) is 140 cm³/mol. The van der Waals surface area contributed by atoms with Gasteiger partial charge in [-0.3, -0.25) is 9.59 Å². The fraction of sp³-hybridized carbons (Fsp3) is 0.241. The second-order valence-corrected chi connectivity index (χ2v) is 9.27. The third-order valence-electron chi connectivity index (χ3n) is 6.01. The number of amides is 1. The zero-order valence-corrected chi connectivity index (χ0v) is 21.1. The molecular weight excluding hydrogens is 456 g/mol. The number of anilines is 1. The van der Waals surface area contributed by atoms with Crippen LogP contribution in [-0.2, 0) is 6.42 Å². The number of hydrogen-bond acceptors (Lipinski definition) is 6. The van der Waals surface area contributed by atoms with E-state index < -0.39 is 0 Å². The first-order valence-electron chi connectivity index (χ1n) is 11.6. The van der Waals surface area contributed by atoms with Crippen molar-refractivity contribution in [3.8, 4) is 17.2 Å². The van der Waals surface area contributed by atoms with Crippen LogP contribution in [0.4, 0.5) is 5.69 Å². The molecule has 0 bridgehead atoms. The number of hydrogen-bond donors (Lipinski definition) is 2. The van der Waals surface area contributed by atoms with Gasteiger partial charge in [-0.25, -0.2) is 0 Å². The Morgan fingerprint density at radius 2 is 1.56 bits per heavy atom. The van der Waals surface area contributed by atoms with Crippen LogP contribution in [0.5, 0.6) is 17.2 Å². The van der Waals surface area contributed by atoms with Gasteiger partial charge >= 0.3 is 0 Å². The summed E-state index contributed by atoms with van der Waals surface area (Å²) in [5.41, 5.74) is 3.96. The number of allylic oxidation sites excluding steroid dienone is 1. The van der Waals surface area contributed by atoms with Crippen LogP contribution in [0, 0.1) is 0 Å². The lowest BCUT2D eigenvalue weighted by Gasteiger charge is -2.35. The third-order valence-corrected chi connectivity index (χ3v) is 6.01. The molecule has 0 fully saturated rings. The minimum absolute atomic E-state index is 0.178. The van der Waals surface area contributed by atoms with Crippen molar-refractivity contribution in [2.75, 3.05) is 26.6 Å². The van der Waals surface area contributed by atoms with Gasteiger partial charge in [-0.05, 0) is 62.2 Å². The van der Waals surface area contributed by atoms with Crippen molar-refractivity contribution < 1.29 is 23.8 Å². The van der Waals surface area contributed by atoms with Crippen LogP contribution < -0.4 is 24.8 Å². The highest BCUT2D eigenvalue weighted by Crippen LogP contribution is 2.32. The van der Waals surface area contributed by atoms with Gasteiger partial charge < -0.3 is 24.8 Å². The lowest BCUT2D eigenvalue weighted by Crippen LogP contribution is -2.43. The summed E-state index contributed by atoms with van der Waals surface area (Å²) in [7, 11) is 4.67. The number of methoxy groups -OCH3 is 3. The van der Waals surface area contributed by atoms with Crippen molar-refractivity contribution in [1.82, 2.24) is 5.32 Å². The number of carbonyl (C=O) groups excluding carboxylic acids is 2. The maximum absolute atomic E-state index is 13.3. The molecule has 1 aliphatic heterocycles. The highest BCUT2D eigenvalue weighted by atomic mass is 16.5. The van der Waals surface area contributed by atoms with Crippen LogP contribution in [0.1, 0.15) is 45.7 Å². The number of fused-ring (bicyclic) bond motifs is 1. The highest BCUT2D eigenvalue weighted by Gasteiger charge is 2.28. The number of ketones is 1. The summed E-state index contributed by atoms with van der Waals surface area (Å²) in [6.07, 6.45) is 2.43. The first-order chi connectivity index (χ1) is 17.2. The van der Waals surface area contributed by atoms with E-state index in [0.29, 0.717) is 28.3 Å². The van der Waals surface area contributed by atoms with Crippen molar-refractivity contribution >= 4 is 23.1 Å². The molecule has 7 nitrogen and oxygen atoms in total. The Morgan fingerprint density at radius 3 is 2.22 bits per heavy atom. The monoisotopic (exact) mass is 486 g/mol. The van der Waals surface area contributed by atoms with Crippen LogP contribution in [0.2, 0.25) is 0 Å². The summed E-state index contributed by atoms with van der Waals surface area (Å²) in [6.45, 7) is 4.20. The van der Waals surface area contributed by atoms with E-state index in [-0.39, 0.29) is 17.2 Å². The van der Waals surface area contributed by atoms with Crippen molar-refractivity contribution in [3.05, 3.63) is 89.0 Å². The number of nitrogens with one attached hydrogen (secondary N) is 2. The Morgan fingerprint density at radius 1 is 0.861 bits per heavy atom. The van der Waals surface area contributed by atoms with Crippen LogP contribution in [0.3, 0.4) is 0 Å². The molecule has 3 aromatic rings. The van der Waals surface area contributed by atoms with E-state index in [4.69, 9.17) is 14.2 Å². The molecule has 1 amide bonds. The summed E-state index contributed by atoms with van der Waals surface area (Å²) >= 11 is 0. The van der Waals surface area contributed by atoms with Crippen LogP contribution in [0.15, 0.2) is 66.7 Å². The summed E-state index contributed by atoms with van der Waals surface area (Å²) in [5, 5.41) is 6.33. The summed E-state index contributed by atoms with van der Waals surface area (Å²) in [5.74, 6) is 1.23. The van der Waals surface area contributed by atoms with Gasteiger partial charge in [-0.1, -0.05) is 18.2 Å². The van der Waals surface area contributed by atoms with Gasteiger partial charge in [0.15, 0.2) is 5.78 Å². The van der Waals surface area contributed by atoms with Gasteiger partial charge in [0.25, 0.3) is 5.91 Å². The second-order valence-electron chi connectivity index (χ2n) is 9.27. The molecule has 0 atom stereocenters. The SMILES string of the molecule is COc1cc(OC)cc(C(=O)Nc2cccc(C(=O)/C=C3\NC(C)(C)Cc4ccc(OC)cc43)c2)c1. The lowest BCUT2D eigenvalue weighted by molar-refractivity contribution is 0.102. The zero-order chi connectivity index (χ0) is 25.9. The van der Waals surface area contributed by atoms with E-state index in [1.165, 1.54) is 14.2 Å². The standard InChI is InChI=1S/C29H30N2O5/c1-29(2)17-19-9-10-22(34-3)15-25(19)26(31-29)16-27(32)18-7-6-8-21(11-18)30-28(33)20-12-23(35-4)14-24(13-20)36-5/h6-16,31H,17H2,1-5H3,(H,30,33)/b26-16-. The molecule has 186 valence electrons. The minimum atomic E-state index is -0.341. The minimum Gasteiger partial charge on any atom is -0.497 e. The van der Waals surface area contributed by atoms with Gasteiger partial charge in [0.2, 0.25) is 0 Å². The average molecular weight is 487 g/mol. The van der Waals surface area contributed by atoms with Gasteiger partial charge in [-0.15, -0.1) is 0 Å². The Labute approximate surface area is 211 Å². The molecular formula is C29H30N2O5.